The van der Waals surface area contributed by atoms with Gasteiger partial charge in [-0.3, -0.25) is 0 Å². The normalized spacial score (nSPS) is 13.2. The number of carbonyl (C=O) groups excluding carboxylic acids is 1. The molecule has 1 aromatic carbocycles. The predicted molar refractivity (Wildman–Crippen MR) is 77.5 cm³/mol. The average molecular weight is 321 g/mol. The third-order valence-corrected chi connectivity index (χ3v) is 4.81. The monoisotopic (exact) mass is 321 g/mol. The van der Waals surface area contributed by atoms with Crippen molar-refractivity contribution in [3.8, 4) is 6.07 Å². The summed E-state index contributed by atoms with van der Waals surface area (Å²) < 4.78 is 5.39. The third-order valence-electron chi connectivity index (χ3n) is 2.38. The molecule has 0 fully saturated rings. The Morgan fingerprint density at radius 2 is 2.00 bits per heavy atom. The van der Waals surface area contributed by atoms with Crippen LogP contribution in [0, 0.1) is 11.3 Å². The molecule has 0 heterocycles. The zero-order valence-corrected chi connectivity index (χ0v) is 13.7. The van der Waals surface area contributed by atoms with Gasteiger partial charge in [-0.1, -0.05) is 0 Å². The van der Waals surface area contributed by atoms with Gasteiger partial charge in [0.15, 0.2) is 0 Å². The standard InChI is InChI=1S/C15H20AsNO2/c1-15(2,3)19-14(18)16-13(9-10-17)11-12-7-5-4-6-8-12/h4-8,13,16H,9,11H2,1-3H3. The Bertz CT molecular complexity index is 445. The summed E-state index contributed by atoms with van der Waals surface area (Å²) in [5, 5.41) is 8.88. The topological polar surface area (TPSA) is 50.1 Å². The Balaban J connectivity index is 2.59. The minimum atomic E-state index is -0.933. The van der Waals surface area contributed by atoms with Crippen LogP contribution in [0.5, 0.6) is 0 Å². The molecule has 0 aliphatic rings. The first-order valence-corrected chi connectivity index (χ1v) is 8.57. The van der Waals surface area contributed by atoms with Crippen molar-refractivity contribution in [1.29, 1.82) is 5.26 Å². The molecule has 0 saturated carbocycles. The molecule has 0 N–H and O–H groups in total. The van der Waals surface area contributed by atoms with Gasteiger partial charge in [0.2, 0.25) is 0 Å². The zero-order valence-electron chi connectivity index (χ0n) is 11.6. The van der Waals surface area contributed by atoms with Gasteiger partial charge in [0.05, 0.1) is 0 Å². The maximum absolute atomic E-state index is 11.9. The number of hydrogen-bond acceptors (Lipinski definition) is 3. The van der Waals surface area contributed by atoms with Crippen molar-refractivity contribution in [1.82, 2.24) is 0 Å². The van der Waals surface area contributed by atoms with E-state index >= 15 is 0 Å². The average Bonchev–Trinajstić information content (AvgIpc) is 2.27. The van der Waals surface area contributed by atoms with Crippen LogP contribution < -0.4 is 0 Å². The molecule has 2 atom stereocenters. The van der Waals surface area contributed by atoms with Gasteiger partial charge in [-0.2, -0.15) is 0 Å². The molecule has 1 aromatic rings. The Morgan fingerprint density at radius 1 is 1.37 bits per heavy atom. The van der Waals surface area contributed by atoms with Crippen LogP contribution in [0.4, 0.5) is 4.79 Å². The summed E-state index contributed by atoms with van der Waals surface area (Å²) in [6.45, 7) is 5.61. The van der Waals surface area contributed by atoms with E-state index in [-0.39, 0.29) is 9.46 Å². The van der Waals surface area contributed by atoms with Crippen molar-refractivity contribution >= 4 is 20.5 Å². The molecule has 0 amide bonds. The van der Waals surface area contributed by atoms with Gasteiger partial charge in [-0.15, -0.1) is 0 Å². The van der Waals surface area contributed by atoms with Crippen LogP contribution in [0.1, 0.15) is 32.8 Å². The SMILES string of the molecule is CC(C)(C)OC(=O)[AsH]C(CC#N)Cc1ccccc1. The van der Waals surface area contributed by atoms with E-state index in [2.05, 4.69) is 6.07 Å². The summed E-state index contributed by atoms with van der Waals surface area (Å²) in [5.74, 6) is 0. The molecule has 19 heavy (non-hydrogen) atoms. The fourth-order valence-corrected chi connectivity index (χ4v) is 4.24. The Kier molecular flexibility index (Phi) is 6.12. The van der Waals surface area contributed by atoms with E-state index in [4.69, 9.17) is 10.00 Å². The Morgan fingerprint density at radius 3 is 2.53 bits per heavy atom. The van der Waals surface area contributed by atoms with Crippen LogP contribution in [-0.4, -0.2) is 26.1 Å². The molecular formula is C15H20AsNO2. The molecule has 0 aliphatic heterocycles. The van der Waals surface area contributed by atoms with Crippen molar-refractivity contribution in [2.75, 3.05) is 0 Å². The van der Waals surface area contributed by atoms with E-state index in [1.54, 1.807) is 0 Å². The molecule has 0 aliphatic carbocycles. The Labute approximate surface area is 121 Å². The summed E-state index contributed by atoms with van der Waals surface area (Å²) in [6.07, 6.45) is 1.21. The van der Waals surface area contributed by atoms with Crippen molar-refractivity contribution in [2.45, 2.75) is 43.9 Å². The van der Waals surface area contributed by atoms with Gasteiger partial charge in [-0.05, 0) is 0 Å². The van der Waals surface area contributed by atoms with Crippen molar-refractivity contribution in [3.63, 3.8) is 0 Å². The first-order valence-electron chi connectivity index (χ1n) is 6.31. The molecule has 0 spiro atoms. The molecular weight excluding hydrogens is 301 g/mol. The summed E-state index contributed by atoms with van der Waals surface area (Å²) in [5.41, 5.74) is 0.736. The van der Waals surface area contributed by atoms with E-state index in [9.17, 15) is 4.79 Å². The molecule has 3 nitrogen and oxygen atoms in total. The van der Waals surface area contributed by atoms with Crippen LogP contribution in [0.3, 0.4) is 0 Å². The molecule has 0 bridgehead atoms. The first kappa shape index (κ1) is 15.8. The fourth-order valence-electron chi connectivity index (χ4n) is 1.66. The van der Waals surface area contributed by atoms with Crippen LogP contribution in [0.25, 0.3) is 0 Å². The fraction of sp³-hybridized carbons (Fsp3) is 0.467. The van der Waals surface area contributed by atoms with E-state index in [1.807, 2.05) is 51.1 Å². The van der Waals surface area contributed by atoms with Crippen LogP contribution >= 0.6 is 0 Å². The third kappa shape index (κ3) is 7.03. The van der Waals surface area contributed by atoms with Gasteiger partial charge < -0.3 is 0 Å². The molecule has 0 aromatic heterocycles. The Hall–Kier alpha value is -1.26. The molecule has 2 unspecified atom stereocenters. The number of nitriles is 1. The molecule has 0 saturated heterocycles. The quantitative estimate of drug-likeness (QED) is 0.782. The number of nitrogens with zero attached hydrogens (tertiary/aromatic N) is 1. The van der Waals surface area contributed by atoms with E-state index in [0.29, 0.717) is 6.42 Å². The zero-order chi connectivity index (χ0) is 14.3. The number of carbonyl (C=O) groups is 1. The number of benzene rings is 1. The van der Waals surface area contributed by atoms with Crippen molar-refractivity contribution < 1.29 is 9.53 Å². The minimum absolute atomic E-state index is 0.108. The van der Waals surface area contributed by atoms with Crippen LogP contribution in [0.15, 0.2) is 30.3 Å². The number of ether oxygens (including phenoxy) is 1. The summed E-state index contributed by atoms with van der Waals surface area (Å²) in [6, 6.07) is 12.2. The number of rotatable bonds is 5. The van der Waals surface area contributed by atoms with Gasteiger partial charge in [-0.25, -0.2) is 0 Å². The van der Waals surface area contributed by atoms with Gasteiger partial charge in [0.25, 0.3) is 0 Å². The summed E-state index contributed by atoms with van der Waals surface area (Å²) >= 11 is -0.933. The van der Waals surface area contributed by atoms with Crippen molar-refractivity contribution in [3.05, 3.63) is 35.9 Å². The predicted octanol–water partition coefficient (Wildman–Crippen LogP) is 3.30. The van der Waals surface area contributed by atoms with Crippen LogP contribution in [-0.2, 0) is 11.2 Å². The summed E-state index contributed by atoms with van der Waals surface area (Å²) in [7, 11) is 0. The summed E-state index contributed by atoms with van der Waals surface area (Å²) in [4.78, 5) is 11.9. The van der Waals surface area contributed by atoms with Gasteiger partial charge >= 0.3 is 121 Å². The second kappa shape index (κ2) is 7.36. The molecule has 102 valence electrons. The van der Waals surface area contributed by atoms with E-state index in [0.717, 1.165) is 6.42 Å². The maximum atomic E-state index is 11.9. The second-order valence-corrected chi connectivity index (χ2v) is 8.57. The molecule has 1 rings (SSSR count). The van der Waals surface area contributed by atoms with E-state index < -0.39 is 21.4 Å². The van der Waals surface area contributed by atoms with Crippen LogP contribution in [0.2, 0.25) is 4.71 Å². The molecule has 0 radical (unpaired) electrons. The first-order chi connectivity index (χ1) is 8.90. The van der Waals surface area contributed by atoms with Gasteiger partial charge in [0, 0.05) is 0 Å². The second-order valence-electron chi connectivity index (χ2n) is 5.40. The van der Waals surface area contributed by atoms with Crippen molar-refractivity contribution in [2.24, 2.45) is 0 Å². The molecule has 4 heteroatoms. The van der Waals surface area contributed by atoms with E-state index in [1.165, 1.54) is 5.56 Å². The van der Waals surface area contributed by atoms with Gasteiger partial charge in [0.1, 0.15) is 0 Å². The number of hydrogen-bond donors (Lipinski definition) is 0.